The van der Waals surface area contributed by atoms with Crippen LogP contribution in [0.2, 0.25) is 0 Å². The van der Waals surface area contributed by atoms with Crippen LogP contribution in [0.15, 0.2) is 0 Å². The van der Waals surface area contributed by atoms with E-state index < -0.39 is 18.9 Å². The first-order chi connectivity index (χ1) is 5.20. The first-order valence-electron chi connectivity index (χ1n) is 2.64. The Bertz CT molecular complexity index is 117. The first kappa shape index (κ1) is 10.5. The van der Waals surface area contributed by atoms with Gasteiger partial charge in [-0.3, -0.25) is 4.55 Å². The Balaban J connectivity index is 3.30. The summed E-state index contributed by atoms with van der Waals surface area (Å²) in [6.45, 7) is -0.866. The van der Waals surface area contributed by atoms with Crippen molar-refractivity contribution < 1.29 is 28.5 Å². The van der Waals surface area contributed by atoms with Gasteiger partial charge < -0.3 is 19.1 Å². The van der Waals surface area contributed by atoms with E-state index in [0.29, 0.717) is 0 Å². The number of carbonyl (C=O) groups excluding carboxylic acids is 1. The summed E-state index contributed by atoms with van der Waals surface area (Å²) in [5.74, 6) is 0. The molecule has 0 amide bonds. The fourth-order valence-electron chi connectivity index (χ4n) is 0.271. The lowest BCUT2D eigenvalue weighted by Crippen LogP contribution is -2.21. The summed E-state index contributed by atoms with van der Waals surface area (Å²) in [6.07, 6.45) is -2.24. The van der Waals surface area contributed by atoms with Gasteiger partial charge in [0.25, 0.3) is 0 Å². The lowest BCUT2D eigenvalue weighted by Gasteiger charge is -2.05. The summed E-state index contributed by atoms with van der Waals surface area (Å²) < 4.78 is 16.0. The minimum Gasteiger partial charge on any atom is -0.431 e. The summed E-state index contributed by atoms with van der Waals surface area (Å²) >= 11 is -0.150. The molecule has 3 N–H and O–H groups in total. The second-order valence-electron chi connectivity index (χ2n) is 1.56. The van der Waals surface area contributed by atoms with Crippen LogP contribution in [0.3, 0.4) is 0 Å². The van der Waals surface area contributed by atoms with Gasteiger partial charge in [-0.2, -0.15) is 0 Å². The second-order valence-corrected chi connectivity index (χ2v) is 1.87. The molecule has 0 heterocycles. The molecule has 11 heavy (non-hydrogen) atoms. The predicted octanol–water partition coefficient (Wildman–Crippen LogP) is -0.386. The van der Waals surface area contributed by atoms with E-state index in [1.165, 1.54) is 0 Å². The van der Waals surface area contributed by atoms with Gasteiger partial charge in [-0.1, -0.05) is 0 Å². The lowest BCUT2D eigenvalue weighted by atomic mass is 10.4. The monoisotopic (exact) mass is 184 g/mol. The van der Waals surface area contributed by atoms with Crippen LogP contribution in [0.25, 0.3) is 0 Å². The van der Waals surface area contributed by atoms with E-state index in [1.807, 2.05) is 0 Å². The highest BCUT2D eigenvalue weighted by molar-refractivity contribution is 7.89. The zero-order valence-corrected chi connectivity index (χ0v) is 6.28. The van der Waals surface area contributed by atoms with Gasteiger partial charge in [-0.15, -0.1) is 0 Å². The second kappa shape index (κ2) is 6.23. The molecule has 0 aliphatic heterocycles. The quantitative estimate of drug-likeness (QED) is 0.404. The van der Waals surface area contributed by atoms with Crippen LogP contribution in [-0.4, -0.2) is 40.2 Å². The van der Waals surface area contributed by atoms with Gasteiger partial charge >= 0.3 is 6.16 Å². The lowest BCUT2D eigenvalue weighted by molar-refractivity contribution is 0.0192. The SMILES string of the molecule is O=C(OCC(O)CO)OSO. The predicted molar refractivity (Wildman–Crippen MR) is 35.7 cm³/mol. The Morgan fingerprint density at radius 1 is 1.64 bits per heavy atom. The van der Waals surface area contributed by atoms with E-state index in [2.05, 4.69) is 8.92 Å². The largest absolute Gasteiger partial charge is 0.522 e. The molecule has 6 nitrogen and oxygen atoms in total. The molecule has 0 aromatic heterocycles. The maximum absolute atomic E-state index is 10.2. The van der Waals surface area contributed by atoms with Crippen molar-refractivity contribution in [1.29, 1.82) is 0 Å². The van der Waals surface area contributed by atoms with E-state index >= 15 is 0 Å². The van der Waals surface area contributed by atoms with Crippen molar-refractivity contribution in [2.24, 2.45) is 0 Å². The Morgan fingerprint density at radius 3 is 2.73 bits per heavy atom. The number of carbonyl (C=O) groups is 1. The highest BCUT2D eigenvalue weighted by Crippen LogP contribution is 1.97. The van der Waals surface area contributed by atoms with Crippen LogP contribution >= 0.6 is 12.3 Å². The molecule has 7 heteroatoms. The molecule has 1 atom stereocenters. The molecule has 0 radical (unpaired) electrons. The molecule has 0 saturated heterocycles. The first-order valence-corrected chi connectivity index (χ1v) is 3.34. The third-order valence-electron chi connectivity index (χ3n) is 0.710. The molecule has 0 bridgehead atoms. The minimum absolute atomic E-state index is 0.150. The van der Waals surface area contributed by atoms with Crippen molar-refractivity contribution in [3.63, 3.8) is 0 Å². The minimum atomic E-state index is -1.12. The zero-order valence-electron chi connectivity index (χ0n) is 5.47. The van der Waals surface area contributed by atoms with Crippen molar-refractivity contribution in [1.82, 2.24) is 0 Å². The molecule has 0 aliphatic rings. The average Bonchev–Trinajstić information content (AvgIpc) is 2.01. The molecule has 0 fully saturated rings. The van der Waals surface area contributed by atoms with Gasteiger partial charge in [0, 0.05) is 0 Å². The average molecular weight is 184 g/mol. The van der Waals surface area contributed by atoms with E-state index in [4.69, 9.17) is 14.8 Å². The Kier molecular flexibility index (Phi) is 5.94. The van der Waals surface area contributed by atoms with Crippen LogP contribution in [0.4, 0.5) is 4.79 Å². The van der Waals surface area contributed by atoms with E-state index in [0.717, 1.165) is 0 Å². The summed E-state index contributed by atoms with van der Waals surface area (Å²) in [5, 5.41) is 16.9. The smallest absolute Gasteiger partial charge is 0.431 e. The third-order valence-corrected chi connectivity index (χ3v) is 0.920. The Morgan fingerprint density at radius 2 is 2.27 bits per heavy atom. The van der Waals surface area contributed by atoms with E-state index in [-0.39, 0.29) is 18.9 Å². The van der Waals surface area contributed by atoms with Crippen molar-refractivity contribution in [2.75, 3.05) is 13.2 Å². The van der Waals surface area contributed by atoms with Crippen molar-refractivity contribution in [3.8, 4) is 0 Å². The summed E-state index contributed by atoms with van der Waals surface area (Å²) in [5.41, 5.74) is 0. The number of rotatable bonds is 4. The van der Waals surface area contributed by atoms with Crippen LogP contribution in [0.1, 0.15) is 0 Å². The molecule has 1 unspecified atom stereocenters. The summed E-state index contributed by atoms with van der Waals surface area (Å²) in [7, 11) is 0. The number of ether oxygens (including phenoxy) is 1. The maximum atomic E-state index is 10.2. The van der Waals surface area contributed by atoms with Crippen LogP contribution < -0.4 is 0 Å². The third kappa shape index (κ3) is 5.92. The van der Waals surface area contributed by atoms with Gasteiger partial charge in [0.1, 0.15) is 12.7 Å². The van der Waals surface area contributed by atoms with Gasteiger partial charge in [0.15, 0.2) is 0 Å². The molecule has 0 spiro atoms. The summed E-state index contributed by atoms with van der Waals surface area (Å²) in [6, 6.07) is 0. The van der Waals surface area contributed by atoms with Gasteiger partial charge in [0.2, 0.25) is 12.3 Å². The van der Waals surface area contributed by atoms with Gasteiger partial charge in [0.05, 0.1) is 6.61 Å². The van der Waals surface area contributed by atoms with E-state index in [1.54, 1.807) is 0 Å². The molecular weight excluding hydrogens is 176 g/mol. The molecule has 0 saturated carbocycles. The molecule has 66 valence electrons. The van der Waals surface area contributed by atoms with Gasteiger partial charge in [-0.05, 0) is 0 Å². The Labute approximate surface area is 67.1 Å². The molecule has 0 aromatic rings. The van der Waals surface area contributed by atoms with Crippen molar-refractivity contribution >= 4 is 18.5 Å². The highest BCUT2D eigenvalue weighted by atomic mass is 32.2. The van der Waals surface area contributed by atoms with Gasteiger partial charge in [-0.25, -0.2) is 4.79 Å². The topological polar surface area (TPSA) is 96.2 Å². The normalized spacial score (nSPS) is 12.3. The van der Waals surface area contributed by atoms with Crippen molar-refractivity contribution in [3.05, 3.63) is 0 Å². The van der Waals surface area contributed by atoms with E-state index in [9.17, 15) is 4.79 Å². The number of hydrogen-bond donors (Lipinski definition) is 3. The number of aliphatic hydroxyl groups is 2. The number of hydrogen-bond acceptors (Lipinski definition) is 7. The highest BCUT2D eigenvalue weighted by Gasteiger charge is 2.08. The number of aliphatic hydroxyl groups excluding tert-OH is 2. The Hall–Kier alpha value is -0.500. The summed E-state index contributed by atoms with van der Waals surface area (Å²) in [4.78, 5) is 10.2. The molecule has 0 aliphatic carbocycles. The molecule has 0 aromatic carbocycles. The van der Waals surface area contributed by atoms with Crippen molar-refractivity contribution in [2.45, 2.75) is 6.10 Å². The van der Waals surface area contributed by atoms with Crippen LogP contribution in [0, 0.1) is 0 Å². The standard InChI is InChI=1S/C4H8O6S/c5-1-3(6)2-9-4(7)10-11-8/h3,5-6,8H,1-2H2. The zero-order chi connectivity index (χ0) is 8.69. The fourth-order valence-corrected chi connectivity index (χ4v) is 0.380. The van der Waals surface area contributed by atoms with Crippen LogP contribution in [-0.2, 0) is 8.92 Å². The maximum Gasteiger partial charge on any atom is 0.522 e. The molecular formula is C4H8O6S. The van der Waals surface area contributed by atoms with Crippen LogP contribution in [0.5, 0.6) is 0 Å². The molecule has 0 rings (SSSR count). The fraction of sp³-hybridized carbons (Fsp3) is 0.750.